The minimum atomic E-state index is -0.663. The first kappa shape index (κ1) is 41.5. The Hall–Kier alpha value is -8.20. The van der Waals surface area contributed by atoms with Crippen molar-refractivity contribution >= 4 is 34.1 Å². The highest BCUT2D eigenvalue weighted by Gasteiger charge is 2.49. The van der Waals surface area contributed by atoms with E-state index in [1.165, 1.54) is 77.9 Å². The van der Waals surface area contributed by atoms with Crippen molar-refractivity contribution in [1.82, 2.24) is 0 Å². The van der Waals surface area contributed by atoms with E-state index in [1.54, 1.807) is 0 Å². The fourth-order valence-electron chi connectivity index (χ4n) is 10.7. The van der Waals surface area contributed by atoms with Gasteiger partial charge in [-0.25, -0.2) is 0 Å². The lowest BCUT2D eigenvalue weighted by molar-refractivity contribution is 0.764. The van der Waals surface area contributed by atoms with Crippen molar-refractivity contribution in [3.05, 3.63) is 287 Å². The first-order valence-corrected chi connectivity index (χ1v) is 23.3. The van der Waals surface area contributed by atoms with Crippen LogP contribution < -0.4 is 9.80 Å². The Morgan fingerprint density at radius 3 is 0.970 bits per heavy atom. The van der Waals surface area contributed by atoms with Gasteiger partial charge in [-0.3, -0.25) is 0 Å². The van der Waals surface area contributed by atoms with Crippen LogP contribution in [0.15, 0.2) is 243 Å². The van der Waals surface area contributed by atoms with Gasteiger partial charge in [0.15, 0.2) is 0 Å². The standard InChI is InChI=1S/C65H52N2/c1-45-38-46(2)40-54(39-45)65(53-24-14-7-15-25-53)59-41-47(3)43-61(66(55-26-16-8-17-27-55)57-34-30-51(31-35-57)49-20-10-5-11-21-49)63(59)64-60(65)42-48(4)44-62(64)67(56-28-18-9-19-29-56)58-36-32-52(33-37-58)50-22-12-6-13-23-50/h5-44H,1-4H3. The summed E-state index contributed by atoms with van der Waals surface area (Å²) in [6.07, 6.45) is 0. The summed E-state index contributed by atoms with van der Waals surface area (Å²) >= 11 is 0. The molecule has 0 bridgehead atoms. The predicted octanol–water partition coefficient (Wildman–Crippen LogP) is 17.6. The van der Waals surface area contributed by atoms with E-state index in [4.69, 9.17) is 0 Å². The van der Waals surface area contributed by atoms with E-state index in [1.807, 2.05) is 0 Å². The summed E-state index contributed by atoms with van der Waals surface area (Å²) < 4.78 is 0. The number of hydrogen-bond acceptors (Lipinski definition) is 2. The van der Waals surface area contributed by atoms with Crippen molar-refractivity contribution in [3.8, 4) is 33.4 Å². The van der Waals surface area contributed by atoms with Crippen LogP contribution in [0.1, 0.15) is 44.5 Å². The number of para-hydroxylation sites is 2. The van der Waals surface area contributed by atoms with Crippen LogP contribution in [-0.4, -0.2) is 0 Å². The van der Waals surface area contributed by atoms with Crippen LogP contribution in [0.4, 0.5) is 34.1 Å². The van der Waals surface area contributed by atoms with Crippen molar-refractivity contribution in [2.24, 2.45) is 0 Å². The van der Waals surface area contributed by atoms with Crippen molar-refractivity contribution in [1.29, 1.82) is 0 Å². The van der Waals surface area contributed by atoms with Gasteiger partial charge in [0, 0.05) is 33.9 Å². The third-order valence-corrected chi connectivity index (χ3v) is 13.4. The normalized spacial score (nSPS) is 12.3. The zero-order valence-corrected chi connectivity index (χ0v) is 38.5. The number of benzene rings is 10. The highest BCUT2D eigenvalue weighted by Crippen LogP contribution is 2.63. The Kier molecular flexibility index (Phi) is 10.7. The third-order valence-electron chi connectivity index (χ3n) is 13.4. The first-order valence-electron chi connectivity index (χ1n) is 23.3. The van der Waals surface area contributed by atoms with Crippen LogP contribution in [-0.2, 0) is 5.41 Å². The Morgan fingerprint density at radius 1 is 0.269 bits per heavy atom. The van der Waals surface area contributed by atoms with E-state index < -0.39 is 5.41 Å². The molecule has 2 heteroatoms. The molecule has 0 aromatic heterocycles. The largest absolute Gasteiger partial charge is 0.310 e. The number of aryl methyl sites for hydroxylation is 4. The second-order valence-corrected chi connectivity index (χ2v) is 18.1. The lowest BCUT2D eigenvalue weighted by Crippen LogP contribution is -2.29. The second kappa shape index (κ2) is 17.3. The maximum absolute atomic E-state index is 2.48. The molecule has 0 saturated carbocycles. The molecule has 0 saturated heterocycles. The molecular formula is C65H52N2. The molecule has 322 valence electrons. The van der Waals surface area contributed by atoms with Gasteiger partial charge in [-0.1, -0.05) is 193 Å². The summed E-state index contributed by atoms with van der Waals surface area (Å²) in [5, 5.41) is 0. The zero-order chi connectivity index (χ0) is 45.5. The molecule has 0 atom stereocenters. The lowest BCUT2D eigenvalue weighted by Gasteiger charge is -2.36. The quantitative estimate of drug-likeness (QED) is 0.135. The van der Waals surface area contributed by atoms with Crippen LogP contribution in [0.2, 0.25) is 0 Å². The van der Waals surface area contributed by atoms with Gasteiger partial charge < -0.3 is 9.80 Å². The van der Waals surface area contributed by atoms with Crippen LogP contribution in [0, 0.1) is 27.7 Å². The molecule has 10 aromatic carbocycles. The number of rotatable bonds is 10. The van der Waals surface area contributed by atoms with Crippen molar-refractivity contribution in [2.45, 2.75) is 33.1 Å². The number of fused-ring (bicyclic) bond motifs is 3. The molecule has 0 radical (unpaired) electrons. The average molecular weight is 861 g/mol. The molecule has 10 aromatic rings. The minimum absolute atomic E-state index is 0.663. The van der Waals surface area contributed by atoms with Gasteiger partial charge in [0.1, 0.15) is 0 Å². The van der Waals surface area contributed by atoms with E-state index in [0.29, 0.717) is 0 Å². The average Bonchev–Trinajstić information content (AvgIpc) is 3.66. The number of anilines is 6. The summed E-state index contributed by atoms with van der Waals surface area (Å²) in [5.74, 6) is 0. The van der Waals surface area contributed by atoms with Gasteiger partial charge in [0.2, 0.25) is 0 Å². The minimum Gasteiger partial charge on any atom is -0.310 e. The highest BCUT2D eigenvalue weighted by atomic mass is 15.2. The van der Waals surface area contributed by atoms with Gasteiger partial charge in [0.05, 0.1) is 16.8 Å². The van der Waals surface area contributed by atoms with E-state index in [-0.39, 0.29) is 0 Å². The van der Waals surface area contributed by atoms with Gasteiger partial charge >= 0.3 is 0 Å². The third kappa shape index (κ3) is 7.41. The maximum atomic E-state index is 2.48. The van der Waals surface area contributed by atoms with Crippen LogP contribution in [0.5, 0.6) is 0 Å². The summed E-state index contributed by atoms with van der Waals surface area (Å²) in [7, 11) is 0. The Morgan fingerprint density at radius 2 is 0.582 bits per heavy atom. The molecule has 0 unspecified atom stereocenters. The maximum Gasteiger partial charge on any atom is 0.0715 e. The monoisotopic (exact) mass is 860 g/mol. The SMILES string of the molecule is Cc1cc(C)cc(C2(c3ccccc3)c3cc(C)cc(N(c4ccccc4)c4ccc(-c5ccccc5)cc4)c3-c3c(N(c4ccccc4)c4ccc(-c5ccccc5)cc4)cc(C)cc32)c1. The summed E-state index contributed by atoms with van der Waals surface area (Å²) in [5.41, 5.74) is 23.1. The fraction of sp³-hybridized carbons (Fsp3) is 0.0769. The lowest BCUT2D eigenvalue weighted by atomic mass is 9.66. The molecule has 0 aliphatic heterocycles. The molecular weight excluding hydrogens is 809 g/mol. The molecule has 0 fully saturated rings. The molecule has 0 spiro atoms. The van der Waals surface area contributed by atoms with E-state index in [2.05, 4.69) is 280 Å². The van der Waals surface area contributed by atoms with Gasteiger partial charge in [-0.2, -0.15) is 0 Å². The molecule has 11 rings (SSSR count). The van der Waals surface area contributed by atoms with Crippen molar-refractivity contribution < 1.29 is 0 Å². The van der Waals surface area contributed by atoms with E-state index in [0.717, 1.165) is 34.1 Å². The zero-order valence-electron chi connectivity index (χ0n) is 38.5. The molecule has 0 heterocycles. The molecule has 2 nitrogen and oxygen atoms in total. The number of hydrogen-bond donors (Lipinski definition) is 0. The number of nitrogens with zero attached hydrogens (tertiary/aromatic N) is 2. The predicted molar refractivity (Wildman–Crippen MR) is 283 cm³/mol. The molecule has 1 aliphatic carbocycles. The second-order valence-electron chi connectivity index (χ2n) is 18.1. The van der Waals surface area contributed by atoms with Crippen LogP contribution in [0.25, 0.3) is 33.4 Å². The van der Waals surface area contributed by atoms with Crippen LogP contribution >= 0.6 is 0 Å². The summed E-state index contributed by atoms with van der Waals surface area (Å²) in [6.45, 7) is 9.01. The van der Waals surface area contributed by atoms with Crippen molar-refractivity contribution in [2.75, 3.05) is 9.80 Å². The van der Waals surface area contributed by atoms with Gasteiger partial charge in [-0.05, 0) is 144 Å². The van der Waals surface area contributed by atoms with E-state index in [9.17, 15) is 0 Å². The van der Waals surface area contributed by atoms with Gasteiger partial charge in [0.25, 0.3) is 0 Å². The van der Waals surface area contributed by atoms with Crippen molar-refractivity contribution in [3.63, 3.8) is 0 Å². The molecule has 0 amide bonds. The Labute approximate surface area is 395 Å². The highest BCUT2D eigenvalue weighted by molar-refractivity contribution is 6.04. The smallest absolute Gasteiger partial charge is 0.0715 e. The molecule has 1 aliphatic rings. The summed E-state index contributed by atoms with van der Waals surface area (Å²) in [6, 6.07) is 89.5. The fourth-order valence-corrected chi connectivity index (χ4v) is 10.7. The molecule has 0 N–H and O–H groups in total. The topological polar surface area (TPSA) is 6.48 Å². The van der Waals surface area contributed by atoms with E-state index >= 15 is 0 Å². The van der Waals surface area contributed by atoms with Gasteiger partial charge in [-0.15, -0.1) is 0 Å². The van der Waals surface area contributed by atoms with Crippen LogP contribution in [0.3, 0.4) is 0 Å². The molecule has 67 heavy (non-hydrogen) atoms. The summed E-state index contributed by atoms with van der Waals surface area (Å²) in [4.78, 5) is 4.97. The first-order chi connectivity index (χ1) is 32.9. The Bertz CT molecular complexity index is 3140. The Balaban J connectivity index is 1.26.